The van der Waals surface area contributed by atoms with E-state index in [1.165, 1.54) is 12.8 Å². The minimum atomic E-state index is -0.652. The number of Topliss-reactive ketones (excluding diaryl/α,β-unsaturated/α-hetero) is 1. The van der Waals surface area contributed by atoms with E-state index in [4.69, 9.17) is 0 Å². The van der Waals surface area contributed by atoms with Gasteiger partial charge in [0.05, 0.1) is 0 Å². The monoisotopic (exact) mass is 168 g/mol. The summed E-state index contributed by atoms with van der Waals surface area (Å²) in [6, 6.07) is 0. The first-order valence-corrected chi connectivity index (χ1v) is 4.85. The van der Waals surface area contributed by atoms with Crippen molar-refractivity contribution in [1.29, 1.82) is 0 Å². The molecule has 2 fully saturated rings. The highest BCUT2D eigenvalue weighted by molar-refractivity contribution is 5.87. The molecule has 2 aliphatic rings. The van der Waals surface area contributed by atoms with Gasteiger partial charge in [0.2, 0.25) is 0 Å². The zero-order valence-electron chi connectivity index (χ0n) is 7.55. The second kappa shape index (κ2) is 2.56. The Morgan fingerprint density at radius 1 is 1.42 bits per heavy atom. The van der Waals surface area contributed by atoms with Crippen molar-refractivity contribution in [2.75, 3.05) is 0 Å². The first-order valence-electron chi connectivity index (χ1n) is 4.85. The second-order valence-corrected chi connectivity index (χ2v) is 4.56. The van der Waals surface area contributed by atoms with Crippen LogP contribution < -0.4 is 0 Å². The molecule has 0 radical (unpaired) electrons. The first-order chi connectivity index (χ1) is 5.63. The van der Waals surface area contributed by atoms with E-state index >= 15 is 0 Å². The predicted molar refractivity (Wildman–Crippen MR) is 45.7 cm³/mol. The normalized spacial score (nSPS) is 47.7. The smallest absolute Gasteiger partial charge is 0.164 e. The van der Waals surface area contributed by atoms with Gasteiger partial charge in [0.15, 0.2) is 5.78 Å². The molecule has 0 aliphatic heterocycles. The summed E-state index contributed by atoms with van der Waals surface area (Å²) >= 11 is 0. The fraction of sp³-hybridized carbons (Fsp3) is 0.900. The Balaban J connectivity index is 2.22. The van der Waals surface area contributed by atoms with Crippen molar-refractivity contribution in [3.05, 3.63) is 0 Å². The molecule has 0 aromatic heterocycles. The Morgan fingerprint density at radius 2 is 2.17 bits per heavy atom. The highest BCUT2D eigenvalue weighted by atomic mass is 16.3. The van der Waals surface area contributed by atoms with E-state index in [0.717, 1.165) is 12.8 Å². The van der Waals surface area contributed by atoms with E-state index in [0.29, 0.717) is 6.42 Å². The van der Waals surface area contributed by atoms with Crippen LogP contribution in [0.3, 0.4) is 0 Å². The molecule has 0 saturated heterocycles. The zero-order chi connectivity index (χ0) is 8.77. The third-order valence-corrected chi connectivity index (χ3v) is 3.74. The number of carbonyl (C=O) groups excluding carboxylic acids is 1. The number of carbonyl (C=O) groups is 1. The lowest BCUT2D eigenvalue weighted by atomic mass is 9.68. The standard InChI is InChI=1S/C10H16O2/c1-10-5-2-3-7(10)9(12)8(11)4-6-10/h7-8,11H,2-6H2,1H3. The minimum Gasteiger partial charge on any atom is -0.385 e. The quantitative estimate of drug-likeness (QED) is 0.595. The molecule has 68 valence electrons. The summed E-state index contributed by atoms with van der Waals surface area (Å²) in [6.45, 7) is 2.20. The SMILES string of the molecule is CC12CCCC1C(=O)C(O)CC2. The van der Waals surface area contributed by atoms with Crippen molar-refractivity contribution >= 4 is 5.78 Å². The maximum absolute atomic E-state index is 11.6. The van der Waals surface area contributed by atoms with Crippen LogP contribution in [-0.2, 0) is 4.79 Å². The largest absolute Gasteiger partial charge is 0.385 e. The molecule has 0 aromatic carbocycles. The molecule has 0 bridgehead atoms. The minimum absolute atomic E-state index is 0.112. The molecule has 0 heterocycles. The van der Waals surface area contributed by atoms with Crippen LogP contribution >= 0.6 is 0 Å². The lowest BCUT2D eigenvalue weighted by Gasteiger charge is -2.37. The Hall–Kier alpha value is -0.370. The van der Waals surface area contributed by atoms with E-state index in [1.54, 1.807) is 0 Å². The zero-order valence-corrected chi connectivity index (χ0v) is 7.55. The second-order valence-electron chi connectivity index (χ2n) is 4.56. The molecule has 0 aromatic rings. The molecule has 2 saturated carbocycles. The molecule has 12 heavy (non-hydrogen) atoms. The van der Waals surface area contributed by atoms with Gasteiger partial charge in [0.25, 0.3) is 0 Å². The number of aliphatic hydroxyl groups excluding tert-OH is 1. The molecule has 0 spiro atoms. The highest BCUT2D eigenvalue weighted by Crippen LogP contribution is 2.50. The van der Waals surface area contributed by atoms with E-state index in [2.05, 4.69) is 6.92 Å². The number of hydrogen-bond donors (Lipinski definition) is 1. The number of hydrogen-bond acceptors (Lipinski definition) is 2. The topological polar surface area (TPSA) is 37.3 Å². The van der Waals surface area contributed by atoms with Crippen LogP contribution in [0.1, 0.15) is 39.0 Å². The number of rotatable bonds is 0. The fourth-order valence-corrected chi connectivity index (χ4v) is 2.86. The predicted octanol–water partition coefficient (Wildman–Crippen LogP) is 1.52. The van der Waals surface area contributed by atoms with Gasteiger partial charge in [-0.1, -0.05) is 13.3 Å². The maximum atomic E-state index is 11.6. The number of fused-ring (bicyclic) bond motifs is 1. The van der Waals surface area contributed by atoms with E-state index in [-0.39, 0.29) is 17.1 Å². The summed E-state index contributed by atoms with van der Waals surface area (Å²) in [6.07, 6.45) is 4.42. The van der Waals surface area contributed by atoms with Crippen molar-refractivity contribution in [1.82, 2.24) is 0 Å². The van der Waals surface area contributed by atoms with Crippen LogP contribution in [-0.4, -0.2) is 17.0 Å². The van der Waals surface area contributed by atoms with Crippen LogP contribution in [0.4, 0.5) is 0 Å². The van der Waals surface area contributed by atoms with Gasteiger partial charge in [-0.3, -0.25) is 4.79 Å². The fourth-order valence-electron chi connectivity index (χ4n) is 2.86. The average Bonchev–Trinajstić information content (AvgIpc) is 2.42. The Morgan fingerprint density at radius 3 is 2.92 bits per heavy atom. The summed E-state index contributed by atoms with van der Waals surface area (Å²) in [5.41, 5.74) is 0.232. The Bertz CT molecular complexity index is 212. The summed E-state index contributed by atoms with van der Waals surface area (Å²) in [7, 11) is 0. The van der Waals surface area contributed by atoms with Gasteiger partial charge in [-0.15, -0.1) is 0 Å². The van der Waals surface area contributed by atoms with Crippen molar-refractivity contribution in [3.63, 3.8) is 0 Å². The molecule has 1 N–H and O–H groups in total. The molecule has 2 nitrogen and oxygen atoms in total. The van der Waals surface area contributed by atoms with Crippen molar-refractivity contribution in [2.24, 2.45) is 11.3 Å². The summed E-state index contributed by atoms with van der Waals surface area (Å²) in [4.78, 5) is 11.6. The van der Waals surface area contributed by atoms with Gasteiger partial charge >= 0.3 is 0 Å². The molecule has 3 unspecified atom stereocenters. The molecular formula is C10H16O2. The summed E-state index contributed by atoms with van der Waals surface area (Å²) in [5, 5.41) is 9.39. The lowest BCUT2D eigenvalue weighted by Crippen LogP contribution is -2.41. The molecule has 2 heteroatoms. The molecule has 0 amide bonds. The van der Waals surface area contributed by atoms with Gasteiger partial charge in [-0.05, 0) is 31.1 Å². The average molecular weight is 168 g/mol. The summed E-state index contributed by atoms with van der Waals surface area (Å²) < 4.78 is 0. The van der Waals surface area contributed by atoms with Crippen LogP contribution in [0.2, 0.25) is 0 Å². The molecule has 3 atom stereocenters. The number of ketones is 1. The van der Waals surface area contributed by atoms with Crippen LogP contribution in [0, 0.1) is 11.3 Å². The maximum Gasteiger partial charge on any atom is 0.164 e. The lowest BCUT2D eigenvalue weighted by molar-refractivity contribution is -0.139. The Kier molecular flexibility index (Phi) is 1.76. The third kappa shape index (κ3) is 1.01. The first kappa shape index (κ1) is 8.24. The van der Waals surface area contributed by atoms with E-state index < -0.39 is 6.10 Å². The van der Waals surface area contributed by atoms with Crippen molar-refractivity contribution < 1.29 is 9.90 Å². The van der Waals surface area contributed by atoms with E-state index in [9.17, 15) is 9.90 Å². The Labute approximate surface area is 73.0 Å². The van der Waals surface area contributed by atoms with Crippen LogP contribution in [0.25, 0.3) is 0 Å². The third-order valence-electron chi connectivity index (χ3n) is 3.74. The number of aliphatic hydroxyl groups is 1. The van der Waals surface area contributed by atoms with Gasteiger partial charge in [0.1, 0.15) is 6.10 Å². The van der Waals surface area contributed by atoms with Gasteiger partial charge in [0, 0.05) is 5.92 Å². The highest BCUT2D eigenvalue weighted by Gasteiger charge is 2.47. The molecule has 2 aliphatic carbocycles. The van der Waals surface area contributed by atoms with Crippen LogP contribution in [0.5, 0.6) is 0 Å². The van der Waals surface area contributed by atoms with Crippen molar-refractivity contribution in [3.8, 4) is 0 Å². The van der Waals surface area contributed by atoms with Crippen LogP contribution in [0.15, 0.2) is 0 Å². The van der Waals surface area contributed by atoms with Gasteiger partial charge in [-0.25, -0.2) is 0 Å². The molecular weight excluding hydrogens is 152 g/mol. The van der Waals surface area contributed by atoms with Gasteiger partial charge in [-0.2, -0.15) is 0 Å². The van der Waals surface area contributed by atoms with Gasteiger partial charge < -0.3 is 5.11 Å². The summed E-state index contributed by atoms with van der Waals surface area (Å²) in [5.74, 6) is 0.280. The van der Waals surface area contributed by atoms with E-state index in [1.807, 2.05) is 0 Å². The molecule has 2 rings (SSSR count). The van der Waals surface area contributed by atoms with Crippen molar-refractivity contribution in [2.45, 2.75) is 45.1 Å².